The lowest BCUT2D eigenvalue weighted by molar-refractivity contribution is -0.147. The first-order valence-electron chi connectivity index (χ1n) is 4.92. The van der Waals surface area contributed by atoms with Crippen molar-refractivity contribution >= 4 is 12.1 Å². The fourth-order valence-corrected chi connectivity index (χ4v) is 2.41. The predicted molar refractivity (Wildman–Crippen MR) is 51.3 cm³/mol. The number of carboxylic acid groups (broad SMARTS) is 1. The summed E-state index contributed by atoms with van der Waals surface area (Å²) in [5, 5.41) is 8.89. The normalized spacial score (nSPS) is 32.0. The molecule has 0 radical (unpaired) electrons. The molecule has 82 valence electrons. The number of rotatable bonds is 3. The van der Waals surface area contributed by atoms with E-state index >= 15 is 0 Å². The molecule has 3 atom stereocenters. The molecule has 1 aliphatic carbocycles. The van der Waals surface area contributed by atoms with Crippen molar-refractivity contribution in [3.05, 3.63) is 12.7 Å². The van der Waals surface area contributed by atoms with Gasteiger partial charge in [-0.15, -0.1) is 0 Å². The number of carboxylic acids is 1. The van der Waals surface area contributed by atoms with Crippen molar-refractivity contribution in [2.24, 2.45) is 11.8 Å². The van der Waals surface area contributed by atoms with E-state index in [1.165, 1.54) is 11.0 Å². The summed E-state index contributed by atoms with van der Waals surface area (Å²) in [5.74, 6) is -1.08. The van der Waals surface area contributed by atoms with Crippen LogP contribution in [-0.2, 0) is 9.53 Å². The smallest absolute Gasteiger partial charge is 0.410 e. The molecular weight excluding hydrogens is 198 g/mol. The number of nitrogens with zero attached hydrogens (tertiary/aromatic N) is 1. The molecule has 0 aromatic heterocycles. The molecule has 3 aliphatic rings. The van der Waals surface area contributed by atoms with Crippen molar-refractivity contribution in [3.63, 3.8) is 0 Å². The summed E-state index contributed by atoms with van der Waals surface area (Å²) < 4.78 is 4.88. The van der Waals surface area contributed by atoms with Gasteiger partial charge >= 0.3 is 12.1 Å². The van der Waals surface area contributed by atoms with Crippen LogP contribution in [0.4, 0.5) is 4.79 Å². The van der Waals surface area contributed by atoms with Crippen LogP contribution in [0.3, 0.4) is 0 Å². The second-order valence-electron chi connectivity index (χ2n) is 3.95. The van der Waals surface area contributed by atoms with Gasteiger partial charge in [0.25, 0.3) is 0 Å². The first kappa shape index (κ1) is 10.0. The third-order valence-corrected chi connectivity index (χ3v) is 3.14. The largest absolute Gasteiger partial charge is 0.481 e. The maximum atomic E-state index is 11.5. The number of carbonyl (C=O) groups excluding carboxylic acids is 1. The maximum Gasteiger partial charge on any atom is 0.410 e. The Morgan fingerprint density at radius 3 is 2.87 bits per heavy atom. The summed E-state index contributed by atoms with van der Waals surface area (Å²) in [6, 6.07) is -0.162. The minimum atomic E-state index is -0.810. The molecule has 0 spiro atoms. The van der Waals surface area contributed by atoms with Gasteiger partial charge < -0.3 is 14.7 Å². The lowest BCUT2D eigenvalue weighted by atomic mass is 9.74. The molecule has 1 N–H and O–H groups in total. The van der Waals surface area contributed by atoms with Gasteiger partial charge in [-0.2, -0.15) is 0 Å². The maximum absolute atomic E-state index is 11.5. The van der Waals surface area contributed by atoms with Crippen LogP contribution in [-0.4, -0.2) is 41.3 Å². The SMILES string of the molecule is C=CCOC(=O)N1C[C@H]2C[C@@H]1[C@H]2C(=O)O. The van der Waals surface area contributed by atoms with Gasteiger partial charge in [-0.05, 0) is 12.3 Å². The van der Waals surface area contributed by atoms with E-state index in [4.69, 9.17) is 9.84 Å². The highest BCUT2D eigenvalue weighted by Gasteiger charge is 2.57. The van der Waals surface area contributed by atoms with E-state index in [1.54, 1.807) is 0 Å². The number of carbonyl (C=O) groups is 2. The average Bonchev–Trinajstić information content (AvgIpc) is 2.70. The fraction of sp³-hybridized carbons (Fsp3) is 0.600. The number of hydrogen-bond acceptors (Lipinski definition) is 3. The molecule has 15 heavy (non-hydrogen) atoms. The van der Waals surface area contributed by atoms with Gasteiger partial charge in [0.15, 0.2) is 0 Å². The summed E-state index contributed by atoms with van der Waals surface area (Å²) in [4.78, 5) is 23.8. The van der Waals surface area contributed by atoms with Crippen LogP contribution in [0.1, 0.15) is 6.42 Å². The van der Waals surface area contributed by atoms with Crippen molar-refractivity contribution in [3.8, 4) is 0 Å². The Labute approximate surface area is 87.3 Å². The first-order chi connectivity index (χ1) is 7.15. The summed E-state index contributed by atoms with van der Waals surface area (Å²) >= 11 is 0. The van der Waals surface area contributed by atoms with E-state index in [0.29, 0.717) is 6.54 Å². The lowest BCUT2D eigenvalue weighted by Crippen LogP contribution is -2.45. The second kappa shape index (κ2) is 3.56. The van der Waals surface area contributed by atoms with Crippen LogP contribution < -0.4 is 0 Å². The van der Waals surface area contributed by atoms with Crippen LogP contribution in [0.5, 0.6) is 0 Å². The fourth-order valence-electron chi connectivity index (χ4n) is 2.41. The van der Waals surface area contributed by atoms with Crippen LogP contribution in [0.2, 0.25) is 0 Å². The second-order valence-corrected chi connectivity index (χ2v) is 3.95. The third kappa shape index (κ3) is 1.48. The molecule has 5 nitrogen and oxygen atoms in total. The van der Waals surface area contributed by atoms with E-state index in [9.17, 15) is 9.59 Å². The molecule has 2 saturated heterocycles. The molecule has 3 rings (SSSR count). The van der Waals surface area contributed by atoms with Crippen molar-refractivity contribution in [1.29, 1.82) is 0 Å². The summed E-state index contributed by atoms with van der Waals surface area (Å²) in [7, 11) is 0. The number of amides is 1. The molecule has 1 amide bonds. The Morgan fingerprint density at radius 2 is 2.33 bits per heavy atom. The molecular formula is C10H13NO4. The van der Waals surface area contributed by atoms with Gasteiger partial charge in [0, 0.05) is 12.6 Å². The highest BCUT2D eigenvalue weighted by Crippen LogP contribution is 2.46. The Bertz CT molecular complexity index is 315. The van der Waals surface area contributed by atoms with Gasteiger partial charge in [0.1, 0.15) is 6.61 Å². The highest BCUT2D eigenvalue weighted by molar-refractivity contribution is 5.77. The zero-order valence-corrected chi connectivity index (χ0v) is 8.26. The van der Waals surface area contributed by atoms with Gasteiger partial charge in [0.2, 0.25) is 0 Å². The molecule has 0 unspecified atom stereocenters. The number of ether oxygens (including phenoxy) is 1. The van der Waals surface area contributed by atoms with E-state index in [0.717, 1.165) is 6.42 Å². The van der Waals surface area contributed by atoms with E-state index in [-0.39, 0.29) is 24.5 Å². The van der Waals surface area contributed by atoms with E-state index in [1.807, 2.05) is 0 Å². The predicted octanol–water partition coefficient (Wildman–Crippen LogP) is 0.714. The zero-order valence-electron chi connectivity index (χ0n) is 8.26. The molecule has 5 heteroatoms. The van der Waals surface area contributed by atoms with E-state index in [2.05, 4.69) is 6.58 Å². The van der Waals surface area contributed by atoms with Gasteiger partial charge in [-0.3, -0.25) is 4.79 Å². The van der Waals surface area contributed by atoms with Crippen molar-refractivity contribution < 1.29 is 19.4 Å². The van der Waals surface area contributed by atoms with Crippen molar-refractivity contribution in [2.75, 3.05) is 13.2 Å². The molecule has 2 heterocycles. The molecule has 2 bridgehead atoms. The molecule has 2 aliphatic heterocycles. The third-order valence-electron chi connectivity index (χ3n) is 3.14. The summed E-state index contributed by atoms with van der Waals surface area (Å²) in [6.45, 7) is 4.12. The Kier molecular flexibility index (Phi) is 2.38. The van der Waals surface area contributed by atoms with Crippen LogP contribution in [0, 0.1) is 11.8 Å². The number of aliphatic carboxylic acids is 1. The Morgan fingerprint density at radius 1 is 1.60 bits per heavy atom. The molecule has 1 saturated carbocycles. The van der Waals surface area contributed by atoms with E-state index < -0.39 is 12.1 Å². The summed E-state index contributed by atoms with van der Waals surface area (Å²) in [6.07, 6.45) is 1.86. The lowest BCUT2D eigenvalue weighted by Gasteiger charge is -2.32. The van der Waals surface area contributed by atoms with Crippen LogP contribution in [0.25, 0.3) is 0 Å². The number of hydrogen-bond donors (Lipinski definition) is 1. The van der Waals surface area contributed by atoms with Gasteiger partial charge in [-0.25, -0.2) is 4.79 Å². The van der Waals surface area contributed by atoms with Crippen LogP contribution >= 0.6 is 0 Å². The van der Waals surface area contributed by atoms with Crippen molar-refractivity contribution in [1.82, 2.24) is 4.90 Å². The van der Waals surface area contributed by atoms with Crippen LogP contribution in [0.15, 0.2) is 12.7 Å². The molecule has 3 fully saturated rings. The van der Waals surface area contributed by atoms with Gasteiger partial charge in [-0.1, -0.05) is 12.7 Å². The van der Waals surface area contributed by atoms with Crippen molar-refractivity contribution in [2.45, 2.75) is 12.5 Å². The quantitative estimate of drug-likeness (QED) is 0.698. The Balaban J connectivity index is 1.94. The molecule has 0 aromatic rings. The monoisotopic (exact) mass is 211 g/mol. The number of fused-ring (bicyclic) bond motifs is 1. The Hall–Kier alpha value is -1.52. The minimum absolute atomic E-state index is 0.115. The first-order valence-corrected chi connectivity index (χ1v) is 4.92. The zero-order chi connectivity index (χ0) is 11.0. The van der Waals surface area contributed by atoms with Gasteiger partial charge in [0.05, 0.1) is 5.92 Å². The molecule has 0 aromatic carbocycles. The minimum Gasteiger partial charge on any atom is -0.481 e. The highest BCUT2D eigenvalue weighted by atomic mass is 16.6. The summed E-state index contributed by atoms with van der Waals surface area (Å²) in [5.41, 5.74) is 0. The topological polar surface area (TPSA) is 66.8 Å². The average molecular weight is 211 g/mol. The standard InChI is InChI=1S/C10H13NO4/c1-2-3-15-10(14)11-5-6-4-7(11)8(6)9(12)13/h2,6-8H,1,3-5H2,(H,12,13)/t6-,7-,8+/m1/s1.